The summed E-state index contributed by atoms with van der Waals surface area (Å²) in [4.78, 5) is 0. The number of ether oxygens (including phenoxy) is 1. The van der Waals surface area contributed by atoms with Crippen molar-refractivity contribution in [3.63, 3.8) is 0 Å². The van der Waals surface area contributed by atoms with Gasteiger partial charge >= 0.3 is 0 Å². The average Bonchev–Trinajstić information content (AvgIpc) is 2.90. The van der Waals surface area contributed by atoms with E-state index in [1.165, 1.54) is 11.1 Å². The third kappa shape index (κ3) is 2.87. The van der Waals surface area contributed by atoms with E-state index in [-0.39, 0.29) is 0 Å². The summed E-state index contributed by atoms with van der Waals surface area (Å²) < 4.78 is 11.1. The van der Waals surface area contributed by atoms with Crippen molar-refractivity contribution in [3.8, 4) is 5.75 Å². The number of fused-ring (bicyclic) bond motifs is 1. The van der Waals surface area contributed by atoms with Gasteiger partial charge in [0.25, 0.3) is 0 Å². The normalized spacial score (nSPS) is 10.8. The van der Waals surface area contributed by atoms with Crippen LogP contribution in [0.2, 0.25) is 0 Å². The molecule has 108 valence electrons. The molecule has 3 rings (SSSR count). The molecule has 0 spiro atoms. The van der Waals surface area contributed by atoms with E-state index in [9.17, 15) is 0 Å². The van der Waals surface area contributed by atoms with Gasteiger partial charge in [-0.25, -0.2) is 0 Å². The number of nitrogens with one attached hydrogen (secondary N) is 1. The Morgan fingerprint density at radius 1 is 1.14 bits per heavy atom. The topological polar surface area (TPSA) is 34.4 Å². The summed E-state index contributed by atoms with van der Waals surface area (Å²) in [5, 5.41) is 4.62. The number of para-hydroxylation sites is 1. The molecule has 1 heterocycles. The van der Waals surface area contributed by atoms with E-state index in [1.54, 1.807) is 0 Å². The number of hydrogen-bond acceptors (Lipinski definition) is 3. The van der Waals surface area contributed by atoms with E-state index in [1.807, 2.05) is 37.5 Å². The van der Waals surface area contributed by atoms with Crippen LogP contribution in [0.5, 0.6) is 5.75 Å². The number of hydrogen-bond donors (Lipinski definition) is 1. The van der Waals surface area contributed by atoms with Crippen LogP contribution in [-0.4, -0.2) is 6.61 Å². The Morgan fingerprint density at radius 3 is 2.81 bits per heavy atom. The van der Waals surface area contributed by atoms with Crippen molar-refractivity contribution >= 4 is 16.7 Å². The van der Waals surface area contributed by atoms with Gasteiger partial charge in [0.15, 0.2) is 0 Å². The molecule has 3 heteroatoms. The van der Waals surface area contributed by atoms with Crippen molar-refractivity contribution in [2.24, 2.45) is 0 Å². The fourth-order valence-electron chi connectivity index (χ4n) is 2.45. The van der Waals surface area contributed by atoms with Gasteiger partial charge in [-0.05, 0) is 43.7 Å². The zero-order chi connectivity index (χ0) is 14.7. The van der Waals surface area contributed by atoms with E-state index in [0.717, 1.165) is 29.0 Å². The number of anilines is 1. The van der Waals surface area contributed by atoms with Crippen molar-refractivity contribution in [1.29, 1.82) is 0 Å². The summed E-state index contributed by atoms with van der Waals surface area (Å²) in [6.45, 7) is 5.50. The number of aryl methyl sites for hydroxylation is 1. The van der Waals surface area contributed by atoms with Crippen molar-refractivity contribution in [3.05, 3.63) is 59.9 Å². The standard InChI is InChI=1S/C18H19NO2/c1-3-20-15-8-9-17(13(2)10-15)19-11-14-12-21-18-7-5-4-6-16(14)18/h4-10,12,19H,3,11H2,1-2H3. The van der Waals surface area contributed by atoms with Crippen LogP contribution in [0.1, 0.15) is 18.1 Å². The van der Waals surface area contributed by atoms with Gasteiger partial charge < -0.3 is 14.5 Å². The van der Waals surface area contributed by atoms with E-state index in [0.29, 0.717) is 6.61 Å². The zero-order valence-corrected chi connectivity index (χ0v) is 12.3. The summed E-state index contributed by atoms with van der Waals surface area (Å²) in [6, 6.07) is 14.2. The number of rotatable bonds is 5. The van der Waals surface area contributed by atoms with Crippen LogP contribution in [0.15, 0.2) is 53.1 Å². The first-order chi connectivity index (χ1) is 10.3. The Kier molecular flexibility index (Phi) is 3.82. The smallest absolute Gasteiger partial charge is 0.134 e. The molecule has 1 N–H and O–H groups in total. The van der Waals surface area contributed by atoms with Gasteiger partial charge in [0.05, 0.1) is 12.9 Å². The van der Waals surface area contributed by atoms with Crippen LogP contribution < -0.4 is 10.1 Å². The van der Waals surface area contributed by atoms with Gasteiger partial charge in [-0.2, -0.15) is 0 Å². The van der Waals surface area contributed by atoms with Crippen molar-refractivity contribution in [2.45, 2.75) is 20.4 Å². The molecule has 0 saturated carbocycles. The van der Waals surface area contributed by atoms with Gasteiger partial charge in [0, 0.05) is 23.2 Å². The fourth-order valence-corrected chi connectivity index (χ4v) is 2.45. The monoisotopic (exact) mass is 281 g/mol. The third-order valence-electron chi connectivity index (χ3n) is 3.54. The second kappa shape index (κ2) is 5.92. The van der Waals surface area contributed by atoms with Crippen LogP contribution in [-0.2, 0) is 6.54 Å². The highest BCUT2D eigenvalue weighted by Gasteiger charge is 2.06. The molecule has 0 aliphatic heterocycles. The predicted octanol–water partition coefficient (Wildman–Crippen LogP) is 4.75. The molecule has 0 fully saturated rings. The summed E-state index contributed by atoms with van der Waals surface area (Å²) >= 11 is 0. The Bertz CT molecular complexity index is 746. The third-order valence-corrected chi connectivity index (χ3v) is 3.54. The maximum Gasteiger partial charge on any atom is 0.134 e. The first kappa shape index (κ1) is 13.6. The van der Waals surface area contributed by atoms with E-state index < -0.39 is 0 Å². The lowest BCUT2D eigenvalue weighted by molar-refractivity contribution is 0.340. The number of furan rings is 1. The van der Waals surface area contributed by atoms with E-state index in [4.69, 9.17) is 9.15 Å². The Morgan fingerprint density at radius 2 is 2.00 bits per heavy atom. The highest BCUT2D eigenvalue weighted by molar-refractivity contribution is 5.81. The summed E-state index contributed by atoms with van der Waals surface area (Å²) in [5.41, 5.74) is 4.38. The summed E-state index contributed by atoms with van der Waals surface area (Å²) in [5.74, 6) is 0.911. The molecule has 0 aliphatic rings. The van der Waals surface area contributed by atoms with Gasteiger partial charge in [-0.1, -0.05) is 18.2 Å². The molecule has 3 nitrogen and oxygen atoms in total. The Labute approximate surface area is 124 Å². The van der Waals surface area contributed by atoms with Crippen LogP contribution in [0, 0.1) is 6.92 Å². The predicted molar refractivity (Wildman–Crippen MR) is 85.9 cm³/mol. The van der Waals surface area contributed by atoms with Gasteiger partial charge in [0.2, 0.25) is 0 Å². The molecule has 3 aromatic rings. The largest absolute Gasteiger partial charge is 0.494 e. The molecular weight excluding hydrogens is 262 g/mol. The average molecular weight is 281 g/mol. The minimum absolute atomic E-state index is 0.688. The molecule has 0 aliphatic carbocycles. The molecule has 0 amide bonds. The quantitative estimate of drug-likeness (QED) is 0.732. The lowest BCUT2D eigenvalue weighted by atomic mass is 10.1. The van der Waals surface area contributed by atoms with Gasteiger partial charge in [-0.15, -0.1) is 0 Å². The highest BCUT2D eigenvalue weighted by Crippen LogP contribution is 2.24. The van der Waals surface area contributed by atoms with Gasteiger partial charge in [0.1, 0.15) is 11.3 Å². The molecule has 0 saturated heterocycles. The summed E-state index contributed by atoms with van der Waals surface area (Å²) in [6.07, 6.45) is 1.82. The van der Waals surface area contributed by atoms with Crippen molar-refractivity contribution in [1.82, 2.24) is 0 Å². The van der Waals surface area contributed by atoms with Crippen molar-refractivity contribution < 1.29 is 9.15 Å². The lowest BCUT2D eigenvalue weighted by Crippen LogP contribution is -2.01. The second-order valence-corrected chi connectivity index (χ2v) is 5.02. The molecule has 0 radical (unpaired) electrons. The number of benzene rings is 2. The van der Waals surface area contributed by atoms with Crippen LogP contribution in [0.3, 0.4) is 0 Å². The van der Waals surface area contributed by atoms with E-state index >= 15 is 0 Å². The molecule has 21 heavy (non-hydrogen) atoms. The SMILES string of the molecule is CCOc1ccc(NCc2coc3ccccc23)c(C)c1. The van der Waals surface area contributed by atoms with Crippen molar-refractivity contribution in [2.75, 3.05) is 11.9 Å². The minimum Gasteiger partial charge on any atom is -0.494 e. The van der Waals surface area contributed by atoms with Crippen LogP contribution >= 0.6 is 0 Å². The molecule has 0 bridgehead atoms. The maximum absolute atomic E-state index is 5.56. The first-order valence-corrected chi connectivity index (χ1v) is 7.20. The zero-order valence-electron chi connectivity index (χ0n) is 12.3. The lowest BCUT2D eigenvalue weighted by Gasteiger charge is -2.11. The van der Waals surface area contributed by atoms with Gasteiger partial charge in [-0.3, -0.25) is 0 Å². The molecule has 1 aromatic heterocycles. The Hall–Kier alpha value is -2.42. The molecule has 0 unspecified atom stereocenters. The minimum atomic E-state index is 0.688. The molecule has 2 aromatic carbocycles. The maximum atomic E-state index is 5.56. The summed E-state index contributed by atoms with van der Waals surface area (Å²) in [7, 11) is 0. The van der Waals surface area contributed by atoms with E-state index in [2.05, 4.69) is 30.4 Å². The molecular formula is C18H19NO2. The van der Waals surface area contributed by atoms with Crippen LogP contribution in [0.25, 0.3) is 11.0 Å². The first-order valence-electron chi connectivity index (χ1n) is 7.20. The fraction of sp³-hybridized carbons (Fsp3) is 0.222. The van der Waals surface area contributed by atoms with Crippen LogP contribution in [0.4, 0.5) is 5.69 Å². The molecule has 0 atom stereocenters. The Balaban J connectivity index is 1.75. The highest BCUT2D eigenvalue weighted by atomic mass is 16.5. The second-order valence-electron chi connectivity index (χ2n) is 5.02.